The molecule has 0 bridgehead atoms. The van der Waals surface area contributed by atoms with Crippen LogP contribution in [0.5, 0.6) is 5.75 Å². The van der Waals surface area contributed by atoms with Gasteiger partial charge in [-0.05, 0) is 17.2 Å². The van der Waals surface area contributed by atoms with Crippen molar-refractivity contribution < 1.29 is 19.2 Å². The molecule has 5 nitrogen and oxygen atoms in total. The molecule has 0 heterocycles. The number of nitro benzene ring substituents is 1. The topological polar surface area (TPSA) is 72.6 Å². The number of aliphatic hydroxyl groups is 1. The third kappa shape index (κ3) is 3.10. The van der Waals surface area contributed by atoms with E-state index in [9.17, 15) is 14.5 Å². The zero-order chi connectivity index (χ0) is 14.5. The smallest absolute Gasteiger partial charge is 0.314 e. The van der Waals surface area contributed by atoms with E-state index in [2.05, 4.69) is 0 Å². The molecule has 20 heavy (non-hydrogen) atoms. The quantitative estimate of drug-likeness (QED) is 0.673. The first-order chi connectivity index (χ1) is 9.61. The van der Waals surface area contributed by atoms with Crippen LogP contribution < -0.4 is 4.74 Å². The molecule has 2 aromatic rings. The Morgan fingerprint density at radius 1 is 1.15 bits per heavy atom. The van der Waals surface area contributed by atoms with E-state index >= 15 is 0 Å². The minimum Gasteiger partial charge on any atom is -0.480 e. The summed E-state index contributed by atoms with van der Waals surface area (Å²) in [4.78, 5) is 10.1. The van der Waals surface area contributed by atoms with Crippen LogP contribution in [0.3, 0.4) is 0 Å². The van der Waals surface area contributed by atoms with Gasteiger partial charge in [-0.25, -0.2) is 4.39 Å². The molecule has 0 spiro atoms. The third-order valence-electron chi connectivity index (χ3n) is 2.73. The van der Waals surface area contributed by atoms with Crippen molar-refractivity contribution in [3.8, 4) is 5.75 Å². The van der Waals surface area contributed by atoms with Crippen LogP contribution in [0.25, 0.3) is 0 Å². The number of rotatable bonds is 5. The number of halogens is 1. The Kier molecular flexibility index (Phi) is 4.27. The minimum absolute atomic E-state index is 0.00742. The molecule has 0 aliphatic carbocycles. The number of ether oxygens (including phenoxy) is 1. The van der Waals surface area contributed by atoms with Crippen molar-refractivity contribution in [2.24, 2.45) is 0 Å². The van der Waals surface area contributed by atoms with Gasteiger partial charge in [-0.3, -0.25) is 10.1 Å². The molecule has 0 unspecified atom stereocenters. The van der Waals surface area contributed by atoms with Crippen LogP contribution in [-0.4, -0.2) is 10.0 Å². The van der Waals surface area contributed by atoms with Crippen LogP contribution in [0.15, 0.2) is 42.5 Å². The average Bonchev–Trinajstić information content (AvgIpc) is 2.46. The van der Waals surface area contributed by atoms with Crippen molar-refractivity contribution in [1.82, 2.24) is 0 Å². The number of hydrogen-bond donors (Lipinski definition) is 1. The maximum absolute atomic E-state index is 13.6. The van der Waals surface area contributed by atoms with Crippen molar-refractivity contribution in [3.63, 3.8) is 0 Å². The predicted octanol–water partition coefficient (Wildman–Crippen LogP) is 2.81. The Hall–Kier alpha value is -2.47. The van der Waals surface area contributed by atoms with E-state index in [-0.39, 0.29) is 19.0 Å². The second-order valence-corrected chi connectivity index (χ2v) is 4.11. The van der Waals surface area contributed by atoms with E-state index in [1.54, 1.807) is 24.3 Å². The van der Waals surface area contributed by atoms with Crippen LogP contribution in [0.1, 0.15) is 11.1 Å². The lowest BCUT2D eigenvalue weighted by molar-refractivity contribution is -0.386. The fourth-order valence-electron chi connectivity index (χ4n) is 1.68. The molecule has 2 aromatic carbocycles. The van der Waals surface area contributed by atoms with Gasteiger partial charge < -0.3 is 9.84 Å². The van der Waals surface area contributed by atoms with Crippen LogP contribution in [0.4, 0.5) is 10.1 Å². The lowest BCUT2D eigenvalue weighted by Crippen LogP contribution is -2.01. The Bertz CT molecular complexity index is 613. The lowest BCUT2D eigenvalue weighted by Gasteiger charge is -2.08. The molecule has 0 aromatic heterocycles. The number of aliphatic hydroxyl groups excluding tert-OH is 1. The highest BCUT2D eigenvalue weighted by Gasteiger charge is 2.19. The standard InChI is InChI=1S/C14H12FNO4/c15-12-2-1-3-13(16(18)19)14(12)20-9-11-6-4-10(8-17)5-7-11/h1-7,17H,8-9H2. The maximum Gasteiger partial charge on any atom is 0.314 e. The van der Waals surface area contributed by atoms with Crippen LogP contribution in [-0.2, 0) is 13.2 Å². The van der Waals surface area contributed by atoms with Gasteiger partial charge in [0.15, 0.2) is 5.82 Å². The van der Waals surface area contributed by atoms with E-state index < -0.39 is 16.4 Å². The van der Waals surface area contributed by atoms with Crippen LogP contribution >= 0.6 is 0 Å². The molecule has 0 aliphatic heterocycles. The molecule has 0 aliphatic rings. The maximum atomic E-state index is 13.6. The molecule has 0 saturated carbocycles. The largest absolute Gasteiger partial charge is 0.480 e. The summed E-state index contributed by atoms with van der Waals surface area (Å²) >= 11 is 0. The predicted molar refractivity (Wildman–Crippen MR) is 69.8 cm³/mol. The van der Waals surface area contributed by atoms with Crippen LogP contribution in [0.2, 0.25) is 0 Å². The van der Waals surface area contributed by atoms with Gasteiger partial charge in [0.1, 0.15) is 6.61 Å². The van der Waals surface area contributed by atoms with E-state index in [0.29, 0.717) is 0 Å². The Labute approximate surface area is 114 Å². The molecule has 2 rings (SSSR count). The monoisotopic (exact) mass is 277 g/mol. The first-order valence-electron chi connectivity index (χ1n) is 5.86. The highest BCUT2D eigenvalue weighted by Crippen LogP contribution is 2.30. The summed E-state index contributed by atoms with van der Waals surface area (Å²) < 4.78 is 18.8. The highest BCUT2D eigenvalue weighted by atomic mass is 19.1. The molecule has 0 amide bonds. The van der Waals surface area contributed by atoms with Gasteiger partial charge in [0, 0.05) is 6.07 Å². The molecular formula is C14H12FNO4. The van der Waals surface area contributed by atoms with Gasteiger partial charge >= 0.3 is 5.69 Å². The summed E-state index contributed by atoms with van der Waals surface area (Å²) in [7, 11) is 0. The minimum atomic E-state index is -0.772. The molecule has 0 atom stereocenters. The Morgan fingerprint density at radius 3 is 2.40 bits per heavy atom. The first-order valence-corrected chi connectivity index (χ1v) is 5.86. The summed E-state index contributed by atoms with van der Waals surface area (Å²) in [5.41, 5.74) is 1.06. The van der Waals surface area contributed by atoms with Crippen molar-refractivity contribution in [2.75, 3.05) is 0 Å². The summed E-state index contributed by atoms with van der Waals surface area (Å²) in [5.74, 6) is -1.14. The van der Waals surface area contributed by atoms with Crippen molar-refractivity contribution in [1.29, 1.82) is 0 Å². The van der Waals surface area contributed by atoms with Crippen molar-refractivity contribution >= 4 is 5.69 Å². The van der Waals surface area contributed by atoms with Crippen molar-refractivity contribution in [3.05, 3.63) is 69.5 Å². The van der Waals surface area contributed by atoms with E-state index in [1.807, 2.05) is 0 Å². The molecule has 104 valence electrons. The average molecular weight is 277 g/mol. The fourth-order valence-corrected chi connectivity index (χ4v) is 1.68. The zero-order valence-corrected chi connectivity index (χ0v) is 10.5. The van der Waals surface area contributed by atoms with Gasteiger partial charge in [0.25, 0.3) is 0 Å². The molecule has 0 fully saturated rings. The Balaban J connectivity index is 2.16. The number of hydrogen-bond acceptors (Lipinski definition) is 4. The third-order valence-corrected chi connectivity index (χ3v) is 2.73. The highest BCUT2D eigenvalue weighted by molar-refractivity contribution is 5.47. The van der Waals surface area contributed by atoms with Gasteiger partial charge in [0.2, 0.25) is 5.75 Å². The molecule has 6 heteroatoms. The fraction of sp³-hybridized carbons (Fsp3) is 0.143. The first kappa shape index (κ1) is 14.0. The number of nitrogens with zero attached hydrogens (tertiary/aromatic N) is 1. The van der Waals surface area contributed by atoms with E-state index in [0.717, 1.165) is 17.2 Å². The van der Waals surface area contributed by atoms with Gasteiger partial charge in [-0.2, -0.15) is 0 Å². The SMILES string of the molecule is O=[N+]([O-])c1cccc(F)c1OCc1ccc(CO)cc1. The number of para-hydroxylation sites is 1. The second kappa shape index (κ2) is 6.12. The van der Waals surface area contributed by atoms with Crippen LogP contribution in [0, 0.1) is 15.9 Å². The number of nitro groups is 1. The normalized spacial score (nSPS) is 10.3. The Morgan fingerprint density at radius 2 is 1.80 bits per heavy atom. The molecule has 0 radical (unpaired) electrons. The van der Waals surface area contributed by atoms with Crippen molar-refractivity contribution in [2.45, 2.75) is 13.2 Å². The summed E-state index contributed by atoms with van der Waals surface area (Å²) in [6.07, 6.45) is 0. The number of benzene rings is 2. The molecular weight excluding hydrogens is 265 g/mol. The van der Waals surface area contributed by atoms with Gasteiger partial charge in [-0.15, -0.1) is 0 Å². The molecule has 0 saturated heterocycles. The lowest BCUT2D eigenvalue weighted by atomic mass is 10.1. The summed E-state index contributed by atoms with van der Waals surface area (Å²) in [6.45, 7) is -0.0621. The van der Waals surface area contributed by atoms with Gasteiger partial charge in [-0.1, -0.05) is 30.3 Å². The zero-order valence-electron chi connectivity index (χ0n) is 10.5. The molecule has 1 N–H and O–H groups in total. The van der Waals surface area contributed by atoms with E-state index in [4.69, 9.17) is 9.84 Å². The second-order valence-electron chi connectivity index (χ2n) is 4.11. The van der Waals surface area contributed by atoms with Gasteiger partial charge in [0.05, 0.1) is 11.5 Å². The van der Waals surface area contributed by atoms with E-state index in [1.165, 1.54) is 12.1 Å². The summed E-state index contributed by atoms with van der Waals surface area (Å²) in [5, 5.41) is 19.7. The summed E-state index contributed by atoms with van der Waals surface area (Å²) in [6, 6.07) is 10.4.